The van der Waals surface area contributed by atoms with Gasteiger partial charge in [0.2, 0.25) is 5.91 Å². The highest BCUT2D eigenvalue weighted by Gasteiger charge is 2.16. The van der Waals surface area contributed by atoms with Gasteiger partial charge in [-0.25, -0.2) is 0 Å². The highest BCUT2D eigenvalue weighted by Crippen LogP contribution is 2.13. The lowest BCUT2D eigenvalue weighted by Crippen LogP contribution is -2.21. The van der Waals surface area contributed by atoms with Gasteiger partial charge in [-0.15, -0.1) is 0 Å². The number of rotatable bonds is 4. The van der Waals surface area contributed by atoms with Gasteiger partial charge in [-0.2, -0.15) is 10.5 Å². The molecule has 17 heavy (non-hydrogen) atoms. The molecule has 1 aromatic carbocycles. The highest BCUT2D eigenvalue weighted by molar-refractivity contribution is 5.94. The van der Waals surface area contributed by atoms with Gasteiger partial charge < -0.3 is 5.32 Å². The van der Waals surface area contributed by atoms with Crippen LogP contribution in [-0.4, -0.2) is 5.91 Å². The van der Waals surface area contributed by atoms with E-state index in [0.717, 1.165) is 6.42 Å². The van der Waals surface area contributed by atoms with Crippen molar-refractivity contribution in [1.29, 1.82) is 10.5 Å². The summed E-state index contributed by atoms with van der Waals surface area (Å²) in [5, 5.41) is 20.2. The van der Waals surface area contributed by atoms with Gasteiger partial charge in [-0.05, 0) is 24.6 Å². The summed E-state index contributed by atoms with van der Waals surface area (Å²) in [4.78, 5) is 11.7. The summed E-state index contributed by atoms with van der Waals surface area (Å²) in [5.41, 5.74) is 1.03. The van der Waals surface area contributed by atoms with Crippen LogP contribution >= 0.6 is 0 Å². The molecule has 0 aliphatic carbocycles. The van der Waals surface area contributed by atoms with Crippen molar-refractivity contribution in [3.8, 4) is 12.1 Å². The maximum Gasteiger partial charge on any atom is 0.241 e. The maximum atomic E-state index is 11.7. The fourth-order valence-electron chi connectivity index (χ4n) is 1.44. The monoisotopic (exact) mass is 227 g/mol. The molecule has 0 bridgehead atoms. The molecule has 0 aliphatic heterocycles. The molecule has 86 valence electrons. The molecule has 1 unspecified atom stereocenters. The van der Waals surface area contributed by atoms with Crippen LogP contribution in [-0.2, 0) is 4.79 Å². The maximum absolute atomic E-state index is 11.7. The zero-order chi connectivity index (χ0) is 12.7. The molecule has 0 aliphatic rings. The molecule has 0 heterocycles. The van der Waals surface area contributed by atoms with E-state index in [-0.39, 0.29) is 5.91 Å². The van der Waals surface area contributed by atoms with Gasteiger partial charge in [0.15, 0.2) is 0 Å². The molecule has 1 atom stereocenters. The molecule has 0 aromatic heterocycles. The predicted molar refractivity (Wildman–Crippen MR) is 63.8 cm³/mol. The number of carbonyl (C=O) groups is 1. The number of nitrogens with zero attached hydrogens (tertiary/aromatic N) is 2. The molecule has 1 amide bonds. The SMILES string of the molecule is CCCC(C#N)C(=O)Nc1cccc(C#N)c1. The minimum absolute atomic E-state index is 0.315. The van der Waals surface area contributed by atoms with E-state index in [2.05, 4.69) is 5.32 Å². The molecule has 0 fully saturated rings. The summed E-state index contributed by atoms with van der Waals surface area (Å²) in [6, 6.07) is 10.6. The number of nitriles is 2. The van der Waals surface area contributed by atoms with Crippen LogP contribution in [0, 0.1) is 28.6 Å². The summed E-state index contributed by atoms with van der Waals surface area (Å²) >= 11 is 0. The van der Waals surface area contributed by atoms with Crippen molar-refractivity contribution in [2.24, 2.45) is 5.92 Å². The number of hydrogen-bond acceptors (Lipinski definition) is 3. The Labute approximate surface area is 100 Å². The Morgan fingerprint density at radius 3 is 2.82 bits per heavy atom. The van der Waals surface area contributed by atoms with Gasteiger partial charge in [0.05, 0.1) is 17.7 Å². The number of carbonyl (C=O) groups excluding carboxylic acids is 1. The quantitative estimate of drug-likeness (QED) is 0.858. The topological polar surface area (TPSA) is 76.7 Å². The Morgan fingerprint density at radius 2 is 2.24 bits per heavy atom. The Morgan fingerprint density at radius 1 is 1.47 bits per heavy atom. The van der Waals surface area contributed by atoms with Crippen LogP contribution < -0.4 is 5.32 Å². The minimum Gasteiger partial charge on any atom is -0.325 e. The first-order chi connectivity index (χ1) is 8.21. The van der Waals surface area contributed by atoms with Crippen LogP contribution in [0.15, 0.2) is 24.3 Å². The average molecular weight is 227 g/mol. The third-order valence-corrected chi connectivity index (χ3v) is 2.31. The van der Waals surface area contributed by atoms with E-state index in [4.69, 9.17) is 10.5 Å². The van der Waals surface area contributed by atoms with Gasteiger partial charge in [-0.3, -0.25) is 4.79 Å². The van der Waals surface area contributed by atoms with Crippen molar-refractivity contribution in [3.63, 3.8) is 0 Å². The normalized spacial score (nSPS) is 11.0. The molecular weight excluding hydrogens is 214 g/mol. The molecular formula is C13H13N3O. The molecule has 4 nitrogen and oxygen atoms in total. The van der Waals surface area contributed by atoms with Crippen LogP contribution in [0.4, 0.5) is 5.69 Å². The zero-order valence-electron chi connectivity index (χ0n) is 9.60. The number of amides is 1. The third-order valence-electron chi connectivity index (χ3n) is 2.31. The van der Waals surface area contributed by atoms with E-state index in [1.807, 2.05) is 19.1 Å². The number of anilines is 1. The van der Waals surface area contributed by atoms with E-state index in [0.29, 0.717) is 17.7 Å². The van der Waals surface area contributed by atoms with Crippen LogP contribution in [0.1, 0.15) is 25.3 Å². The van der Waals surface area contributed by atoms with Crippen LogP contribution in [0.25, 0.3) is 0 Å². The molecule has 1 N–H and O–H groups in total. The van der Waals surface area contributed by atoms with Crippen LogP contribution in [0.2, 0.25) is 0 Å². The van der Waals surface area contributed by atoms with E-state index in [1.54, 1.807) is 24.3 Å². The second-order valence-corrected chi connectivity index (χ2v) is 3.65. The number of benzene rings is 1. The highest BCUT2D eigenvalue weighted by atomic mass is 16.1. The number of hydrogen-bond donors (Lipinski definition) is 1. The molecule has 1 rings (SSSR count). The smallest absolute Gasteiger partial charge is 0.241 e. The first-order valence-electron chi connectivity index (χ1n) is 5.42. The summed E-state index contributed by atoms with van der Waals surface area (Å²) in [6.07, 6.45) is 1.32. The van der Waals surface area contributed by atoms with E-state index < -0.39 is 5.92 Å². The van der Waals surface area contributed by atoms with Gasteiger partial charge in [0, 0.05) is 5.69 Å². The first kappa shape index (κ1) is 12.7. The molecule has 0 saturated heterocycles. The molecule has 4 heteroatoms. The largest absolute Gasteiger partial charge is 0.325 e. The fraction of sp³-hybridized carbons (Fsp3) is 0.308. The Balaban J connectivity index is 2.74. The average Bonchev–Trinajstić information content (AvgIpc) is 2.36. The van der Waals surface area contributed by atoms with Crippen molar-refractivity contribution >= 4 is 11.6 Å². The van der Waals surface area contributed by atoms with Gasteiger partial charge in [0.25, 0.3) is 0 Å². The summed E-state index contributed by atoms with van der Waals surface area (Å²) in [5.74, 6) is -0.949. The van der Waals surface area contributed by atoms with E-state index in [9.17, 15) is 4.79 Å². The predicted octanol–water partition coefficient (Wildman–Crippen LogP) is 2.44. The van der Waals surface area contributed by atoms with Gasteiger partial charge in [0.1, 0.15) is 5.92 Å². The standard InChI is InChI=1S/C13H13N3O/c1-2-4-11(9-15)13(17)16-12-6-3-5-10(7-12)8-14/h3,5-7,11H,2,4H2,1H3,(H,16,17). The summed E-state index contributed by atoms with van der Waals surface area (Å²) in [7, 11) is 0. The number of nitrogens with one attached hydrogen (secondary N) is 1. The second kappa shape index (κ2) is 6.30. The Bertz CT molecular complexity index is 482. The van der Waals surface area contributed by atoms with Crippen molar-refractivity contribution in [3.05, 3.63) is 29.8 Å². The molecule has 1 aromatic rings. The zero-order valence-corrected chi connectivity index (χ0v) is 9.60. The van der Waals surface area contributed by atoms with E-state index >= 15 is 0 Å². The Hall–Kier alpha value is -2.33. The van der Waals surface area contributed by atoms with Gasteiger partial charge in [-0.1, -0.05) is 19.4 Å². The minimum atomic E-state index is -0.634. The molecule has 0 spiro atoms. The third kappa shape index (κ3) is 3.62. The van der Waals surface area contributed by atoms with E-state index in [1.165, 1.54) is 0 Å². The summed E-state index contributed by atoms with van der Waals surface area (Å²) in [6.45, 7) is 1.92. The van der Waals surface area contributed by atoms with Gasteiger partial charge >= 0.3 is 0 Å². The first-order valence-corrected chi connectivity index (χ1v) is 5.42. The van der Waals surface area contributed by atoms with Crippen molar-refractivity contribution < 1.29 is 4.79 Å². The Kier molecular flexibility index (Phi) is 4.72. The second-order valence-electron chi connectivity index (χ2n) is 3.65. The van der Waals surface area contributed by atoms with Crippen molar-refractivity contribution in [2.45, 2.75) is 19.8 Å². The van der Waals surface area contributed by atoms with Crippen molar-refractivity contribution in [2.75, 3.05) is 5.32 Å². The lowest BCUT2D eigenvalue weighted by Gasteiger charge is -2.09. The molecule has 0 radical (unpaired) electrons. The van der Waals surface area contributed by atoms with Crippen LogP contribution in [0.3, 0.4) is 0 Å². The summed E-state index contributed by atoms with van der Waals surface area (Å²) < 4.78 is 0. The lowest BCUT2D eigenvalue weighted by atomic mass is 10.0. The van der Waals surface area contributed by atoms with Crippen molar-refractivity contribution in [1.82, 2.24) is 0 Å². The fourth-order valence-corrected chi connectivity index (χ4v) is 1.44. The lowest BCUT2D eigenvalue weighted by molar-refractivity contribution is -0.118. The van der Waals surface area contributed by atoms with Crippen LogP contribution in [0.5, 0.6) is 0 Å². The molecule has 0 saturated carbocycles.